The summed E-state index contributed by atoms with van der Waals surface area (Å²) >= 11 is 0. The van der Waals surface area contributed by atoms with E-state index >= 15 is 0 Å². The first-order chi connectivity index (χ1) is 15.9. The molecule has 0 unspecified atom stereocenters. The van der Waals surface area contributed by atoms with Crippen LogP contribution < -0.4 is 5.32 Å². The Morgan fingerprint density at radius 3 is 2.97 bits per heavy atom. The van der Waals surface area contributed by atoms with Gasteiger partial charge in [0.15, 0.2) is 0 Å². The van der Waals surface area contributed by atoms with Crippen LogP contribution in [0, 0.1) is 25.7 Å². The Kier molecular flexibility index (Phi) is 4.49. The molecule has 1 spiro atoms. The molecule has 2 N–H and O–H groups in total. The van der Waals surface area contributed by atoms with E-state index in [2.05, 4.69) is 22.4 Å². The van der Waals surface area contributed by atoms with Crippen LogP contribution in [0.1, 0.15) is 16.7 Å². The van der Waals surface area contributed by atoms with Gasteiger partial charge in [0.25, 0.3) is 0 Å². The van der Waals surface area contributed by atoms with E-state index in [4.69, 9.17) is 4.74 Å². The fraction of sp³-hybridized carbons (Fsp3) is 0.333. The Bertz CT molecular complexity index is 1310. The number of carbonyl (C=O) groups excluding carboxylic acids is 2. The number of hydrogen-bond donors (Lipinski definition) is 2. The van der Waals surface area contributed by atoms with Crippen molar-refractivity contribution in [2.45, 2.75) is 32.0 Å². The summed E-state index contributed by atoms with van der Waals surface area (Å²) in [4.78, 5) is 32.0. The van der Waals surface area contributed by atoms with Gasteiger partial charge in [-0.05, 0) is 49.1 Å². The first-order valence-corrected chi connectivity index (χ1v) is 11.5. The number of nitrogens with one attached hydrogen (secondary N) is 2. The van der Waals surface area contributed by atoms with Crippen LogP contribution in [0.15, 0.2) is 60.8 Å². The maximum atomic E-state index is 13.5. The molecule has 3 aliphatic rings. The number of benzene rings is 2. The number of aryl methyl sites for hydroxylation is 2. The number of rotatable bonds is 5. The zero-order valence-corrected chi connectivity index (χ0v) is 18.8. The molecule has 4 heterocycles. The molecule has 0 radical (unpaired) electrons. The van der Waals surface area contributed by atoms with E-state index in [1.807, 2.05) is 67.4 Å². The van der Waals surface area contributed by atoms with E-state index < -0.39 is 17.4 Å². The highest BCUT2D eigenvalue weighted by molar-refractivity contribution is 5.99. The molecule has 3 aromatic rings. The highest BCUT2D eigenvalue weighted by Gasteiger charge is 2.66. The lowest BCUT2D eigenvalue weighted by molar-refractivity contribution is -0.135. The topological polar surface area (TPSA) is 74.4 Å². The van der Waals surface area contributed by atoms with Crippen molar-refractivity contribution in [3.8, 4) is 0 Å². The van der Waals surface area contributed by atoms with Crippen LogP contribution in [0.2, 0.25) is 0 Å². The minimum absolute atomic E-state index is 0.0165. The van der Waals surface area contributed by atoms with Gasteiger partial charge >= 0.3 is 0 Å². The minimum Gasteiger partial charge on any atom is -0.361 e. The number of aromatic amines is 1. The second-order valence-corrected chi connectivity index (χ2v) is 9.58. The first kappa shape index (κ1) is 20.2. The highest BCUT2D eigenvalue weighted by Crippen LogP contribution is 2.52. The van der Waals surface area contributed by atoms with Crippen molar-refractivity contribution in [3.05, 3.63) is 77.5 Å². The molecule has 6 nitrogen and oxygen atoms in total. The van der Waals surface area contributed by atoms with Gasteiger partial charge in [-0.3, -0.25) is 9.59 Å². The fourth-order valence-corrected chi connectivity index (χ4v) is 5.75. The number of likely N-dealkylation sites (tertiary alicyclic amines) is 1. The van der Waals surface area contributed by atoms with Gasteiger partial charge < -0.3 is 19.9 Å². The Morgan fingerprint density at radius 1 is 1.24 bits per heavy atom. The predicted octanol–water partition coefficient (Wildman–Crippen LogP) is 3.75. The molecule has 168 valence electrons. The monoisotopic (exact) mass is 441 g/mol. The summed E-state index contributed by atoms with van der Waals surface area (Å²) in [6.45, 7) is 5.08. The van der Waals surface area contributed by atoms with E-state index in [1.54, 1.807) is 0 Å². The molecule has 6 heteroatoms. The van der Waals surface area contributed by atoms with Gasteiger partial charge in [-0.2, -0.15) is 0 Å². The molecule has 6 rings (SSSR count). The Labute approximate surface area is 192 Å². The Balaban J connectivity index is 1.21. The second-order valence-electron chi connectivity index (χ2n) is 9.58. The predicted molar refractivity (Wildman–Crippen MR) is 127 cm³/mol. The lowest BCUT2D eigenvalue weighted by Gasteiger charge is -2.24. The van der Waals surface area contributed by atoms with Crippen LogP contribution in [-0.2, 0) is 20.7 Å². The number of aromatic nitrogens is 1. The highest BCUT2D eigenvalue weighted by atomic mass is 16.5. The Morgan fingerprint density at radius 2 is 2.09 bits per heavy atom. The number of H-pyrrole nitrogens is 1. The van der Waals surface area contributed by atoms with Gasteiger partial charge in [0.2, 0.25) is 11.8 Å². The number of fused-ring (bicyclic) bond motifs is 2. The molecule has 0 saturated carbocycles. The third kappa shape index (κ3) is 3.12. The Hall–Kier alpha value is -3.38. The van der Waals surface area contributed by atoms with E-state index in [1.165, 1.54) is 10.9 Å². The summed E-state index contributed by atoms with van der Waals surface area (Å²) in [7, 11) is 0. The summed E-state index contributed by atoms with van der Waals surface area (Å²) in [5.41, 5.74) is 4.48. The molecule has 0 aliphatic carbocycles. The number of nitrogens with zero attached hydrogens (tertiary/aromatic N) is 1. The van der Waals surface area contributed by atoms with E-state index in [0.29, 0.717) is 13.1 Å². The van der Waals surface area contributed by atoms with Crippen molar-refractivity contribution >= 4 is 28.4 Å². The number of para-hydroxylation sites is 1. The van der Waals surface area contributed by atoms with E-state index in [-0.39, 0.29) is 17.9 Å². The number of carbonyl (C=O) groups is 2. The number of anilines is 1. The van der Waals surface area contributed by atoms with Gasteiger partial charge in [-0.25, -0.2) is 0 Å². The molecule has 2 saturated heterocycles. The van der Waals surface area contributed by atoms with Gasteiger partial charge in [0, 0.05) is 29.3 Å². The van der Waals surface area contributed by atoms with Crippen molar-refractivity contribution in [2.24, 2.45) is 11.8 Å². The van der Waals surface area contributed by atoms with E-state index in [0.717, 1.165) is 28.8 Å². The third-order valence-corrected chi connectivity index (χ3v) is 7.46. The third-order valence-electron chi connectivity index (χ3n) is 7.46. The van der Waals surface area contributed by atoms with Crippen LogP contribution in [0.3, 0.4) is 0 Å². The molecule has 2 amide bonds. The smallest absolute Gasteiger partial charge is 0.231 e. The minimum atomic E-state index is -0.689. The molecule has 2 aromatic carbocycles. The van der Waals surface area contributed by atoms with Crippen molar-refractivity contribution in [1.82, 2.24) is 9.88 Å². The standard InChI is InChI=1S/C27H27N3O3/c1-16-7-8-17(2)21(13-16)29-25(31)23-22-9-11-27(33-22)15-30(26(32)24(23)27)12-10-18-14-28-20-6-4-3-5-19(18)20/h3-9,11,13-14,22-24,28H,10,12,15H2,1-2H3,(H,29,31)/t22-,23-,24+,27+/m0/s1. The maximum absolute atomic E-state index is 13.5. The van der Waals surface area contributed by atoms with Crippen LogP contribution in [0.4, 0.5) is 5.69 Å². The molecule has 2 bridgehead atoms. The van der Waals surface area contributed by atoms with E-state index in [9.17, 15) is 9.59 Å². The zero-order chi connectivity index (χ0) is 22.7. The quantitative estimate of drug-likeness (QED) is 0.593. The lowest BCUT2D eigenvalue weighted by atomic mass is 9.76. The first-order valence-electron chi connectivity index (χ1n) is 11.5. The average molecular weight is 442 g/mol. The summed E-state index contributed by atoms with van der Waals surface area (Å²) in [6.07, 6.45) is 6.39. The lowest BCUT2D eigenvalue weighted by Crippen LogP contribution is -2.41. The van der Waals surface area contributed by atoms with Gasteiger partial charge in [0.05, 0.1) is 24.5 Å². The SMILES string of the molecule is Cc1ccc(C)c(NC(=O)[C@H]2[C@@H]3C=C[C@]4(CN(CCc5c[nH]c6ccccc56)C(=O)[C@@H]24)O3)c1. The molecule has 1 aromatic heterocycles. The second kappa shape index (κ2) is 7.32. The maximum Gasteiger partial charge on any atom is 0.231 e. The molecule has 4 atom stereocenters. The van der Waals surface area contributed by atoms with Crippen molar-refractivity contribution in [3.63, 3.8) is 0 Å². The van der Waals surface area contributed by atoms with Gasteiger partial charge in [-0.1, -0.05) is 42.5 Å². The van der Waals surface area contributed by atoms with Crippen LogP contribution in [0.5, 0.6) is 0 Å². The van der Waals surface area contributed by atoms with Crippen LogP contribution in [0.25, 0.3) is 10.9 Å². The molecular formula is C27H27N3O3. The fourth-order valence-electron chi connectivity index (χ4n) is 5.75. The number of ether oxygens (including phenoxy) is 1. The number of hydrogen-bond acceptors (Lipinski definition) is 3. The van der Waals surface area contributed by atoms with Crippen molar-refractivity contribution in [1.29, 1.82) is 0 Å². The van der Waals surface area contributed by atoms with Crippen molar-refractivity contribution < 1.29 is 14.3 Å². The molecule has 2 fully saturated rings. The molecular weight excluding hydrogens is 414 g/mol. The summed E-state index contributed by atoms with van der Waals surface area (Å²) in [6, 6.07) is 14.2. The summed E-state index contributed by atoms with van der Waals surface area (Å²) in [5.74, 6) is -1.11. The summed E-state index contributed by atoms with van der Waals surface area (Å²) < 4.78 is 6.28. The molecule has 3 aliphatic heterocycles. The van der Waals surface area contributed by atoms with Crippen LogP contribution in [-0.4, -0.2) is 46.5 Å². The zero-order valence-electron chi connectivity index (χ0n) is 18.8. The summed E-state index contributed by atoms with van der Waals surface area (Å²) in [5, 5.41) is 4.25. The van der Waals surface area contributed by atoms with Gasteiger partial charge in [0.1, 0.15) is 5.60 Å². The number of amides is 2. The van der Waals surface area contributed by atoms with Gasteiger partial charge in [-0.15, -0.1) is 0 Å². The molecule has 33 heavy (non-hydrogen) atoms. The normalized spacial score (nSPS) is 27.5. The van der Waals surface area contributed by atoms with Crippen LogP contribution >= 0.6 is 0 Å². The largest absolute Gasteiger partial charge is 0.361 e. The van der Waals surface area contributed by atoms with Crippen molar-refractivity contribution in [2.75, 3.05) is 18.4 Å². The average Bonchev–Trinajstić information content (AvgIpc) is 3.54.